The number of nitrogens with zero attached hydrogens (tertiary/aromatic N) is 2. The summed E-state index contributed by atoms with van der Waals surface area (Å²) in [5.41, 5.74) is -6.90. The van der Waals surface area contributed by atoms with Gasteiger partial charge in [0.15, 0.2) is 11.4 Å². The van der Waals surface area contributed by atoms with Crippen molar-refractivity contribution in [1.29, 1.82) is 0 Å². The van der Waals surface area contributed by atoms with Gasteiger partial charge in [0, 0.05) is 34.5 Å². The number of nitrogens with one attached hydrogen (secondary N) is 2. The van der Waals surface area contributed by atoms with E-state index in [0.717, 1.165) is 0 Å². The van der Waals surface area contributed by atoms with Crippen LogP contribution in [0.2, 0.25) is 0 Å². The molecule has 3 aliphatic carbocycles. The van der Waals surface area contributed by atoms with Crippen LogP contribution in [0.1, 0.15) is 65.0 Å². The maximum absolute atomic E-state index is 14.2. The van der Waals surface area contributed by atoms with Crippen molar-refractivity contribution in [3.8, 4) is 5.75 Å². The third-order valence-corrected chi connectivity index (χ3v) is 10.3. The second-order valence-electron chi connectivity index (χ2n) is 14.5. The van der Waals surface area contributed by atoms with Crippen LogP contribution in [0, 0.1) is 11.8 Å². The highest BCUT2D eigenvalue weighted by Gasteiger charge is 2.66. The molecular weight excluding hydrogens is 584 g/mol. The first-order chi connectivity index (χ1) is 20.7. The van der Waals surface area contributed by atoms with Gasteiger partial charge in [-0.15, -0.1) is 0 Å². The fourth-order valence-electron chi connectivity index (χ4n) is 8.26. The molecule has 0 spiro atoms. The van der Waals surface area contributed by atoms with Crippen molar-refractivity contribution in [2.45, 2.75) is 88.2 Å². The van der Waals surface area contributed by atoms with E-state index in [0.29, 0.717) is 12.8 Å². The SMILES string of the molecule is CN(C)[C@H]1C(=O)C(C(=O)NCNC2CC(C)(C)N(O)C(C)(C)C2)=C(O)[C@@]2(O)C(=O)C3=C(O)c4c(O)cccc4[C@@](C)(O)[C@@H]3C[C@H]12. The normalized spacial score (nSPS) is 33.2. The molecule has 1 aliphatic heterocycles. The van der Waals surface area contributed by atoms with Crippen LogP contribution in [0.25, 0.3) is 5.76 Å². The van der Waals surface area contributed by atoms with Crippen LogP contribution in [0.3, 0.4) is 0 Å². The van der Waals surface area contributed by atoms with Crippen molar-refractivity contribution >= 4 is 23.2 Å². The molecule has 1 saturated carbocycles. The summed E-state index contributed by atoms with van der Waals surface area (Å²) < 4.78 is 0. The number of hydrogen-bond donors (Lipinski definition) is 8. The van der Waals surface area contributed by atoms with Crippen LogP contribution in [-0.2, 0) is 20.0 Å². The molecule has 13 nitrogen and oxygen atoms in total. The molecule has 8 N–H and O–H groups in total. The number of piperidine rings is 1. The first-order valence-corrected chi connectivity index (χ1v) is 15.1. The lowest BCUT2D eigenvalue weighted by Gasteiger charge is -2.53. The lowest BCUT2D eigenvalue weighted by atomic mass is 9.54. The number of aliphatic hydroxyl groups excluding tert-OH is 2. The first kappa shape index (κ1) is 33.0. The molecule has 2 fully saturated rings. The summed E-state index contributed by atoms with van der Waals surface area (Å²) >= 11 is 0. The van der Waals surface area contributed by atoms with E-state index in [1.807, 2.05) is 27.7 Å². The van der Waals surface area contributed by atoms with Crippen LogP contribution in [0.5, 0.6) is 5.75 Å². The summed E-state index contributed by atoms with van der Waals surface area (Å²) in [6, 6.07) is 2.91. The average Bonchev–Trinajstić information content (AvgIpc) is 2.92. The largest absolute Gasteiger partial charge is 0.508 e. The van der Waals surface area contributed by atoms with Gasteiger partial charge in [-0.3, -0.25) is 24.6 Å². The van der Waals surface area contributed by atoms with E-state index < -0.39 is 86.0 Å². The van der Waals surface area contributed by atoms with Crippen LogP contribution in [0.15, 0.2) is 35.1 Å². The van der Waals surface area contributed by atoms with Gasteiger partial charge in [0.25, 0.3) is 5.91 Å². The van der Waals surface area contributed by atoms with E-state index in [1.165, 1.54) is 35.1 Å². The van der Waals surface area contributed by atoms with Gasteiger partial charge in [-0.05, 0) is 79.6 Å². The van der Waals surface area contributed by atoms with Gasteiger partial charge < -0.3 is 36.1 Å². The number of amides is 1. The molecule has 1 aromatic rings. The zero-order chi connectivity index (χ0) is 33.6. The zero-order valence-electron chi connectivity index (χ0n) is 26.7. The first-order valence-electron chi connectivity index (χ1n) is 15.1. The van der Waals surface area contributed by atoms with Gasteiger partial charge in [-0.25, -0.2) is 0 Å². The molecule has 45 heavy (non-hydrogen) atoms. The number of ketones is 2. The number of benzene rings is 1. The van der Waals surface area contributed by atoms with Crippen molar-refractivity contribution in [3.05, 3.63) is 46.2 Å². The topological polar surface area (TPSA) is 203 Å². The van der Waals surface area contributed by atoms with Gasteiger partial charge in [0.1, 0.15) is 22.8 Å². The molecule has 1 saturated heterocycles. The molecule has 4 aliphatic rings. The molecule has 0 unspecified atom stereocenters. The number of Topliss-reactive ketones (excluding diaryl/α,β-unsaturated/α-hetero) is 2. The number of phenolic OH excluding ortho intramolecular Hbond substituents is 1. The van der Waals surface area contributed by atoms with E-state index in [2.05, 4.69) is 10.6 Å². The van der Waals surface area contributed by atoms with E-state index >= 15 is 0 Å². The molecule has 1 amide bonds. The van der Waals surface area contributed by atoms with Crippen molar-refractivity contribution in [3.63, 3.8) is 0 Å². The second-order valence-corrected chi connectivity index (χ2v) is 14.5. The summed E-state index contributed by atoms with van der Waals surface area (Å²) in [7, 11) is 3.08. The highest BCUT2D eigenvalue weighted by molar-refractivity contribution is 6.25. The molecular formula is C32H44N4O9. The predicted molar refractivity (Wildman–Crippen MR) is 162 cm³/mol. The van der Waals surface area contributed by atoms with Crippen molar-refractivity contribution in [2.75, 3.05) is 20.8 Å². The second kappa shape index (κ2) is 10.6. The van der Waals surface area contributed by atoms with Crippen molar-refractivity contribution in [2.24, 2.45) is 11.8 Å². The van der Waals surface area contributed by atoms with E-state index in [1.54, 1.807) is 14.1 Å². The number of aliphatic hydroxyl groups is 4. The molecule has 0 bridgehead atoms. The molecule has 0 radical (unpaired) electrons. The average molecular weight is 629 g/mol. The van der Waals surface area contributed by atoms with E-state index in [9.17, 15) is 45.1 Å². The lowest BCUT2D eigenvalue weighted by Crippen LogP contribution is -2.67. The number of phenols is 1. The molecule has 246 valence electrons. The van der Waals surface area contributed by atoms with Gasteiger partial charge in [-0.2, -0.15) is 5.06 Å². The monoisotopic (exact) mass is 628 g/mol. The van der Waals surface area contributed by atoms with Gasteiger partial charge >= 0.3 is 0 Å². The van der Waals surface area contributed by atoms with Crippen molar-refractivity contribution < 1.29 is 45.1 Å². The van der Waals surface area contributed by atoms with Gasteiger partial charge in [-0.1, -0.05) is 12.1 Å². The lowest BCUT2D eigenvalue weighted by molar-refractivity contribution is -0.246. The third-order valence-electron chi connectivity index (χ3n) is 10.3. The Morgan fingerprint density at radius 3 is 2.20 bits per heavy atom. The molecule has 13 heteroatoms. The molecule has 1 heterocycles. The molecule has 5 atom stereocenters. The number of hydrogen-bond acceptors (Lipinski definition) is 12. The van der Waals surface area contributed by atoms with Gasteiger partial charge in [0.2, 0.25) is 5.78 Å². The number of carbonyl (C=O) groups excluding carboxylic acids is 3. The molecule has 5 rings (SSSR count). The minimum absolute atomic E-state index is 0.111. The predicted octanol–water partition coefficient (Wildman–Crippen LogP) is 1.22. The third kappa shape index (κ3) is 4.79. The number of fused-ring (bicyclic) bond motifs is 3. The Morgan fingerprint density at radius 1 is 1.02 bits per heavy atom. The van der Waals surface area contributed by atoms with Crippen LogP contribution in [0.4, 0.5) is 0 Å². The summed E-state index contributed by atoms with van der Waals surface area (Å²) in [4.78, 5) is 43.0. The highest BCUT2D eigenvalue weighted by Crippen LogP contribution is 2.57. The Hall–Kier alpha value is -3.33. The minimum atomic E-state index is -2.79. The number of carbonyl (C=O) groups is 3. The van der Waals surface area contributed by atoms with E-state index in [-0.39, 0.29) is 30.3 Å². The number of rotatable bonds is 5. The summed E-state index contributed by atoms with van der Waals surface area (Å²) in [5.74, 6) is -7.56. The molecule has 0 aromatic heterocycles. The number of hydroxylamine groups is 2. The summed E-state index contributed by atoms with van der Waals surface area (Å²) in [6.07, 6.45) is 0.890. The Kier molecular flexibility index (Phi) is 7.79. The fourth-order valence-corrected chi connectivity index (χ4v) is 8.26. The minimum Gasteiger partial charge on any atom is -0.508 e. The Bertz CT molecular complexity index is 1510. The molecule has 1 aromatic carbocycles. The Balaban J connectivity index is 1.50. The standard InChI is InChI=1S/C32H44N4O9/c1-29(2)12-15(13-30(3,4)36(29)45)33-14-34-28(42)22-25(39)23(35(6)7)18-11-17-21(26(40)32(18,44)27(22)41)24(38)20-16(31(17,5)43)9-8-10-19(20)37/h8-10,15,17-18,23,33,37-38,41,43-45H,11-14H2,1-7H3,(H,34,42)/t17-,18-,23-,31-,32+/m1/s1. The van der Waals surface area contributed by atoms with Crippen LogP contribution in [-0.4, -0.2) is 108 Å². The fraction of sp³-hybridized carbons (Fsp3) is 0.594. The maximum Gasteiger partial charge on any atom is 0.259 e. The highest BCUT2D eigenvalue weighted by atomic mass is 16.5. The quantitative estimate of drug-likeness (QED) is 0.171. The van der Waals surface area contributed by atoms with Crippen molar-refractivity contribution in [1.82, 2.24) is 20.6 Å². The zero-order valence-corrected chi connectivity index (χ0v) is 26.7. The van der Waals surface area contributed by atoms with Crippen LogP contribution < -0.4 is 10.6 Å². The maximum atomic E-state index is 14.2. The Labute approximate surface area is 261 Å². The summed E-state index contributed by atoms with van der Waals surface area (Å²) in [5, 5.41) is 74.7. The Morgan fingerprint density at radius 2 is 1.62 bits per heavy atom. The van der Waals surface area contributed by atoms with Gasteiger partial charge in [0.05, 0.1) is 23.9 Å². The summed E-state index contributed by atoms with van der Waals surface area (Å²) in [6.45, 7) is 8.90. The van der Waals surface area contributed by atoms with E-state index in [4.69, 9.17) is 0 Å². The smallest absolute Gasteiger partial charge is 0.259 e. The van der Waals surface area contributed by atoms with Crippen LogP contribution >= 0.6 is 0 Å². The number of likely N-dealkylation sites (N-methyl/N-ethyl adjacent to an activating group) is 1. The number of aromatic hydroxyl groups is 1.